The monoisotopic (exact) mass is 245 g/mol. The summed E-state index contributed by atoms with van der Waals surface area (Å²) in [6.45, 7) is 4.96. The first-order chi connectivity index (χ1) is 8.58. The van der Waals surface area contributed by atoms with Gasteiger partial charge >= 0.3 is 0 Å². The van der Waals surface area contributed by atoms with Gasteiger partial charge in [-0.3, -0.25) is 9.59 Å². The third-order valence-corrected chi connectivity index (χ3v) is 3.58. The summed E-state index contributed by atoms with van der Waals surface area (Å²) < 4.78 is 0. The van der Waals surface area contributed by atoms with E-state index in [2.05, 4.69) is 0 Å². The van der Waals surface area contributed by atoms with Crippen molar-refractivity contribution >= 4 is 11.7 Å². The lowest BCUT2D eigenvalue weighted by Crippen LogP contribution is -2.39. The van der Waals surface area contributed by atoms with Crippen molar-refractivity contribution in [1.29, 1.82) is 0 Å². The molecule has 1 fully saturated rings. The lowest BCUT2D eigenvalue weighted by atomic mass is 10.0. The number of hydrogen-bond acceptors (Lipinski definition) is 2. The number of aryl methyl sites for hydroxylation is 2. The molecule has 3 heteroatoms. The van der Waals surface area contributed by atoms with Gasteiger partial charge in [0.05, 0.1) is 6.54 Å². The minimum Gasteiger partial charge on any atom is -0.335 e. The van der Waals surface area contributed by atoms with Crippen LogP contribution in [0.2, 0.25) is 0 Å². The van der Waals surface area contributed by atoms with Crippen molar-refractivity contribution in [2.45, 2.75) is 33.1 Å². The van der Waals surface area contributed by atoms with Crippen LogP contribution in [0.4, 0.5) is 0 Å². The number of carbonyl (C=O) groups is 2. The van der Waals surface area contributed by atoms with E-state index in [0.717, 1.165) is 24.9 Å². The molecule has 0 unspecified atom stereocenters. The van der Waals surface area contributed by atoms with Crippen molar-refractivity contribution in [1.82, 2.24) is 4.90 Å². The summed E-state index contributed by atoms with van der Waals surface area (Å²) in [5.74, 6) is 0.145. The minimum atomic E-state index is 0.0355. The van der Waals surface area contributed by atoms with E-state index in [-0.39, 0.29) is 18.2 Å². The Balaban J connectivity index is 2.07. The molecule has 1 amide bonds. The van der Waals surface area contributed by atoms with Crippen molar-refractivity contribution < 1.29 is 9.59 Å². The summed E-state index contributed by atoms with van der Waals surface area (Å²) in [6, 6.07) is 5.71. The molecule has 1 aromatic carbocycles. The molecule has 0 N–H and O–H groups in total. The fraction of sp³-hybridized carbons (Fsp3) is 0.467. The molecule has 1 aromatic rings. The van der Waals surface area contributed by atoms with Crippen LogP contribution in [-0.4, -0.2) is 29.7 Å². The van der Waals surface area contributed by atoms with E-state index in [9.17, 15) is 9.59 Å². The highest BCUT2D eigenvalue weighted by atomic mass is 16.2. The van der Waals surface area contributed by atoms with Crippen molar-refractivity contribution in [3.05, 3.63) is 34.9 Å². The van der Waals surface area contributed by atoms with Gasteiger partial charge in [0.2, 0.25) is 5.91 Å². The zero-order valence-corrected chi connectivity index (χ0v) is 11.0. The first kappa shape index (κ1) is 12.8. The molecule has 3 nitrogen and oxygen atoms in total. The highest BCUT2D eigenvalue weighted by molar-refractivity contribution is 5.99. The predicted octanol–water partition coefficient (Wildman–Crippen LogP) is 2.50. The summed E-state index contributed by atoms with van der Waals surface area (Å²) in [7, 11) is 0. The number of likely N-dealkylation sites (tertiary alicyclic amines) is 1. The van der Waals surface area contributed by atoms with Gasteiger partial charge in [-0.25, -0.2) is 0 Å². The molecular formula is C15H19NO2. The Morgan fingerprint density at radius 3 is 2.67 bits per heavy atom. The third kappa shape index (κ3) is 2.78. The molecule has 1 aliphatic rings. The van der Waals surface area contributed by atoms with Gasteiger partial charge in [0.25, 0.3) is 0 Å². The summed E-state index contributed by atoms with van der Waals surface area (Å²) in [6.07, 6.45) is 2.54. The molecule has 18 heavy (non-hydrogen) atoms. The largest absolute Gasteiger partial charge is 0.335 e. The topological polar surface area (TPSA) is 37.4 Å². The normalized spacial score (nSPS) is 15.9. The number of amides is 1. The Morgan fingerprint density at radius 2 is 2.00 bits per heavy atom. The standard InChI is InChI=1S/C15H19NO2/c1-11-6-7-13(9-12(11)2)14(17)10-16-8-4-3-5-15(16)18/h6-7,9H,3-5,8,10H2,1-2H3. The van der Waals surface area contributed by atoms with Crippen LogP contribution in [0, 0.1) is 13.8 Å². The molecule has 1 heterocycles. The van der Waals surface area contributed by atoms with Crippen LogP contribution in [0.3, 0.4) is 0 Å². The predicted molar refractivity (Wildman–Crippen MR) is 70.7 cm³/mol. The number of nitrogens with zero attached hydrogens (tertiary/aromatic N) is 1. The number of rotatable bonds is 3. The van der Waals surface area contributed by atoms with Gasteiger partial charge in [-0.15, -0.1) is 0 Å². The van der Waals surface area contributed by atoms with Crippen molar-refractivity contribution in [2.24, 2.45) is 0 Å². The van der Waals surface area contributed by atoms with E-state index in [4.69, 9.17) is 0 Å². The van der Waals surface area contributed by atoms with Crippen LogP contribution in [0.15, 0.2) is 18.2 Å². The molecule has 0 spiro atoms. The minimum absolute atomic E-state index is 0.0355. The quantitative estimate of drug-likeness (QED) is 0.767. The molecule has 1 aliphatic heterocycles. The Kier molecular flexibility index (Phi) is 3.80. The first-order valence-electron chi connectivity index (χ1n) is 6.46. The van der Waals surface area contributed by atoms with Crippen LogP contribution >= 0.6 is 0 Å². The molecule has 2 rings (SSSR count). The van der Waals surface area contributed by atoms with Gasteiger partial charge in [0, 0.05) is 18.5 Å². The van der Waals surface area contributed by atoms with Crippen molar-refractivity contribution in [2.75, 3.05) is 13.1 Å². The Bertz CT molecular complexity index is 479. The van der Waals surface area contributed by atoms with Crippen LogP contribution in [0.5, 0.6) is 0 Å². The van der Waals surface area contributed by atoms with Gasteiger partial charge in [0.15, 0.2) is 5.78 Å². The Hall–Kier alpha value is -1.64. The summed E-state index contributed by atoms with van der Waals surface area (Å²) in [5.41, 5.74) is 3.00. The van der Waals surface area contributed by atoms with E-state index in [1.165, 1.54) is 5.56 Å². The number of Topliss-reactive ketones (excluding diaryl/α,β-unsaturated/α-hetero) is 1. The summed E-state index contributed by atoms with van der Waals surface area (Å²) in [5, 5.41) is 0. The smallest absolute Gasteiger partial charge is 0.222 e. The third-order valence-electron chi connectivity index (χ3n) is 3.58. The Labute approximate surface area is 108 Å². The van der Waals surface area contributed by atoms with Gasteiger partial charge < -0.3 is 4.90 Å². The van der Waals surface area contributed by atoms with Crippen molar-refractivity contribution in [3.63, 3.8) is 0 Å². The van der Waals surface area contributed by atoms with Gasteiger partial charge in [-0.1, -0.05) is 12.1 Å². The van der Waals surface area contributed by atoms with Crippen LogP contribution < -0.4 is 0 Å². The summed E-state index contributed by atoms with van der Waals surface area (Å²) in [4.78, 5) is 25.5. The molecular weight excluding hydrogens is 226 g/mol. The van der Waals surface area contributed by atoms with E-state index in [1.807, 2.05) is 32.0 Å². The number of benzene rings is 1. The van der Waals surface area contributed by atoms with Gasteiger partial charge in [-0.05, 0) is 43.9 Å². The number of carbonyl (C=O) groups excluding carboxylic acids is 2. The molecule has 0 saturated carbocycles. The van der Waals surface area contributed by atoms with E-state index in [1.54, 1.807) is 4.90 Å². The van der Waals surface area contributed by atoms with Crippen molar-refractivity contribution in [3.8, 4) is 0 Å². The highest BCUT2D eigenvalue weighted by Gasteiger charge is 2.21. The molecule has 0 atom stereocenters. The van der Waals surface area contributed by atoms with Gasteiger partial charge in [-0.2, -0.15) is 0 Å². The molecule has 0 aromatic heterocycles. The van der Waals surface area contributed by atoms with Crippen LogP contribution in [-0.2, 0) is 4.79 Å². The average Bonchev–Trinajstić information content (AvgIpc) is 2.35. The highest BCUT2D eigenvalue weighted by Crippen LogP contribution is 2.14. The zero-order chi connectivity index (χ0) is 13.1. The van der Waals surface area contributed by atoms with Crippen LogP contribution in [0.25, 0.3) is 0 Å². The average molecular weight is 245 g/mol. The molecule has 0 aliphatic carbocycles. The van der Waals surface area contributed by atoms with E-state index < -0.39 is 0 Å². The molecule has 0 radical (unpaired) electrons. The second-order valence-electron chi connectivity index (χ2n) is 4.99. The maximum absolute atomic E-state index is 12.1. The first-order valence-corrected chi connectivity index (χ1v) is 6.46. The van der Waals surface area contributed by atoms with Crippen LogP contribution in [0.1, 0.15) is 40.7 Å². The molecule has 96 valence electrons. The fourth-order valence-electron chi connectivity index (χ4n) is 2.21. The molecule has 1 saturated heterocycles. The van der Waals surface area contributed by atoms with E-state index in [0.29, 0.717) is 12.0 Å². The summed E-state index contributed by atoms with van der Waals surface area (Å²) >= 11 is 0. The second kappa shape index (κ2) is 5.34. The lowest BCUT2D eigenvalue weighted by Gasteiger charge is -2.26. The Morgan fingerprint density at radius 1 is 1.22 bits per heavy atom. The maximum Gasteiger partial charge on any atom is 0.222 e. The van der Waals surface area contributed by atoms with Gasteiger partial charge in [0.1, 0.15) is 0 Å². The SMILES string of the molecule is Cc1ccc(C(=O)CN2CCCCC2=O)cc1C. The number of piperidine rings is 1. The zero-order valence-electron chi connectivity index (χ0n) is 11.0. The fourth-order valence-corrected chi connectivity index (χ4v) is 2.21. The molecule has 0 bridgehead atoms. The number of hydrogen-bond donors (Lipinski definition) is 0. The van der Waals surface area contributed by atoms with E-state index >= 15 is 0 Å². The second-order valence-corrected chi connectivity index (χ2v) is 4.99. The number of ketones is 1. The lowest BCUT2D eigenvalue weighted by molar-refractivity contribution is -0.132. The maximum atomic E-state index is 12.1.